The Labute approximate surface area is 101 Å². The molecule has 94 valence electrons. The summed E-state index contributed by atoms with van der Waals surface area (Å²) < 4.78 is 0. The van der Waals surface area contributed by atoms with Gasteiger partial charge in [-0.3, -0.25) is 0 Å². The molecule has 0 aliphatic rings. The molecular formula is C13H18O4. The summed E-state index contributed by atoms with van der Waals surface area (Å²) in [6, 6.07) is 4.20. The number of benzene rings is 1. The largest absolute Gasteiger partial charge is 0.478 e. The van der Waals surface area contributed by atoms with Crippen molar-refractivity contribution in [1.29, 1.82) is 0 Å². The van der Waals surface area contributed by atoms with E-state index in [9.17, 15) is 9.59 Å². The molecule has 2 N–H and O–H groups in total. The zero-order chi connectivity index (χ0) is 13.4. The van der Waals surface area contributed by atoms with Crippen LogP contribution >= 0.6 is 0 Å². The van der Waals surface area contributed by atoms with Crippen LogP contribution in [0.5, 0.6) is 0 Å². The molecule has 0 unspecified atom stereocenters. The maximum Gasteiger partial charge on any atom is 0.336 e. The molecule has 0 aromatic heterocycles. The number of carboxylic acids is 2. The molecule has 0 amide bonds. The predicted molar refractivity (Wildman–Crippen MR) is 65.7 cm³/mol. The number of carbonyl (C=O) groups is 2. The molecule has 1 rings (SSSR count). The lowest BCUT2D eigenvalue weighted by Gasteiger charge is -2.01. The molecule has 0 saturated heterocycles. The van der Waals surface area contributed by atoms with Gasteiger partial charge in [-0.1, -0.05) is 38.3 Å². The van der Waals surface area contributed by atoms with Gasteiger partial charge in [-0.05, 0) is 19.1 Å². The third-order valence-electron chi connectivity index (χ3n) is 2.14. The van der Waals surface area contributed by atoms with E-state index in [2.05, 4.69) is 13.8 Å². The first-order valence-corrected chi connectivity index (χ1v) is 5.51. The van der Waals surface area contributed by atoms with Gasteiger partial charge >= 0.3 is 11.9 Å². The van der Waals surface area contributed by atoms with Gasteiger partial charge in [-0.15, -0.1) is 0 Å². The molecule has 0 aliphatic heterocycles. The molecule has 0 saturated carbocycles. The standard InChI is InChI=1S/C9H8O4.C4H10/c1-5-2-3-6(8(10)11)7(4-5)9(12)13;1-3-4-2/h2-4H,1H3,(H,10,11)(H,12,13);3-4H2,1-2H3. The lowest BCUT2D eigenvalue weighted by atomic mass is 10.0. The monoisotopic (exact) mass is 238 g/mol. The van der Waals surface area contributed by atoms with Crippen LogP contribution in [0, 0.1) is 6.92 Å². The predicted octanol–water partition coefficient (Wildman–Crippen LogP) is 3.20. The molecule has 4 nitrogen and oxygen atoms in total. The molecule has 0 heterocycles. The molecule has 0 fully saturated rings. The summed E-state index contributed by atoms with van der Waals surface area (Å²) in [5.74, 6) is -2.45. The molecule has 1 aromatic rings. The Kier molecular flexibility index (Phi) is 6.63. The summed E-state index contributed by atoms with van der Waals surface area (Å²) in [6.07, 6.45) is 2.64. The van der Waals surface area contributed by atoms with Crippen molar-refractivity contribution in [3.05, 3.63) is 34.9 Å². The van der Waals surface area contributed by atoms with Crippen LogP contribution in [-0.4, -0.2) is 22.2 Å². The van der Waals surface area contributed by atoms with Crippen molar-refractivity contribution >= 4 is 11.9 Å². The van der Waals surface area contributed by atoms with E-state index in [1.54, 1.807) is 13.0 Å². The Morgan fingerprint density at radius 3 is 1.82 bits per heavy atom. The van der Waals surface area contributed by atoms with Crippen molar-refractivity contribution in [2.24, 2.45) is 0 Å². The summed E-state index contributed by atoms with van der Waals surface area (Å²) in [4.78, 5) is 21.2. The second-order valence-electron chi connectivity index (χ2n) is 3.66. The van der Waals surface area contributed by atoms with E-state index in [-0.39, 0.29) is 11.1 Å². The van der Waals surface area contributed by atoms with Gasteiger partial charge in [0.2, 0.25) is 0 Å². The molecule has 1 aromatic carbocycles. The SMILES string of the molecule is CCCC.Cc1ccc(C(=O)O)c(C(=O)O)c1. The number of aromatic carboxylic acids is 2. The van der Waals surface area contributed by atoms with Crippen LogP contribution in [0.25, 0.3) is 0 Å². The zero-order valence-electron chi connectivity index (χ0n) is 10.4. The highest BCUT2D eigenvalue weighted by atomic mass is 16.4. The zero-order valence-corrected chi connectivity index (χ0v) is 10.4. The Balaban J connectivity index is 0.000000557. The summed E-state index contributed by atoms with van der Waals surface area (Å²) in [7, 11) is 0. The average molecular weight is 238 g/mol. The molecule has 0 atom stereocenters. The van der Waals surface area contributed by atoms with E-state index >= 15 is 0 Å². The van der Waals surface area contributed by atoms with Gasteiger partial charge in [0, 0.05) is 0 Å². The number of carboxylic acid groups (broad SMARTS) is 2. The molecule has 0 spiro atoms. The molecule has 0 radical (unpaired) electrons. The Morgan fingerprint density at radius 2 is 1.47 bits per heavy atom. The van der Waals surface area contributed by atoms with Gasteiger partial charge in [0.25, 0.3) is 0 Å². The maximum absolute atomic E-state index is 10.6. The molecule has 0 aliphatic carbocycles. The molecule has 0 bridgehead atoms. The highest BCUT2D eigenvalue weighted by molar-refractivity contribution is 6.01. The highest BCUT2D eigenvalue weighted by Gasteiger charge is 2.14. The van der Waals surface area contributed by atoms with Crippen LogP contribution in [-0.2, 0) is 0 Å². The molecule has 17 heavy (non-hydrogen) atoms. The lowest BCUT2D eigenvalue weighted by Crippen LogP contribution is -2.07. The number of hydrogen-bond donors (Lipinski definition) is 2. The van der Waals surface area contributed by atoms with Gasteiger partial charge in [0.05, 0.1) is 11.1 Å². The van der Waals surface area contributed by atoms with E-state index in [4.69, 9.17) is 10.2 Å². The summed E-state index contributed by atoms with van der Waals surface area (Å²) in [5, 5.41) is 17.3. The molecular weight excluding hydrogens is 220 g/mol. The van der Waals surface area contributed by atoms with Crippen molar-refractivity contribution in [1.82, 2.24) is 0 Å². The number of aryl methyl sites for hydroxylation is 1. The smallest absolute Gasteiger partial charge is 0.336 e. The Hall–Kier alpha value is -1.84. The van der Waals surface area contributed by atoms with Gasteiger partial charge in [0.15, 0.2) is 0 Å². The van der Waals surface area contributed by atoms with Crippen LogP contribution < -0.4 is 0 Å². The fourth-order valence-electron chi connectivity index (χ4n) is 1.02. The fraction of sp³-hybridized carbons (Fsp3) is 0.385. The number of rotatable bonds is 3. The first-order valence-electron chi connectivity index (χ1n) is 5.51. The van der Waals surface area contributed by atoms with Gasteiger partial charge < -0.3 is 10.2 Å². The number of unbranched alkanes of at least 4 members (excludes halogenated alkanes) is 1. The summed E-state index contributed by atoms with van der Waals surface area (Å²) >= 11 is 0. The van der Waals surface area contributed by atoms with Gasteiger partial charge in [-0.25, -0.2) is 9.59 Å². The Morgan fingerprint density at radius 1 is 1.00 bits per heavy atom. The van der Waals surface area contributed by atoms with Crippen molar-refractivity contribution in [3.63, 3.8) is 0 Å². The second kappa shape index (κ2) is 7.44. The summed E-state index contributed by atoms with van der Waals surface area (Å²) in [6.45, 7) is 6.07. The van der Waals surface area contributed by atoms with Crippen molar-refractivity contribution in [2.45, 2.75) is 33.6 Å². The van der Waals surface area contributed by atoms with Crippen molar-refractivity contribution < 1.29 is 19.8 Å². The van der Waals surface area contributed by atoms with E-state index < -0.39 is 11.9 Å². The minimum atomic E-state index is -1.22. The maximum atomic E-state index is 10.6. The van der Waals surface area contributed by atoms with Crippen LogP contribution in [0.15, 0.2) is 18.2 Å². The second-order valence-corrected chi connectivity index (χ2v) is 3.66. The minimum absolute atomic E-state index is 0.174. The van der Waals surface area contributed by atoms with E-state index in [0.29, 0.717) is 0 Å². The third kappa shape index (κ3) is 5.15. The lowest BCUT2D eigenvalue weighted by molar-refractivity contribution is 0.0651. The summed E-state index contributed by atoms with van der Waals surface area (Å²) in [5.41, 5.74) is 0.369. The van der Waals surface area contributed by atoms with Gasteiger partial charge in [-0.2, -0.15) is 0 Å². The van der Waals surface area contributed by atoms with E-state index in [1.807, 2.05) is 0 Å². The number of hydrogen-bond acceptors (Lipinski definition) is 2. The van der Waals surface area contributed by atoms with Crippen molar-refractivity contribution in [2.75, 3.05) is 0 Å². The fourth-order valence-corrected chi connectivity index (χ4v) is 1.02. The van der Waals surface area contributed by atoms with E-state index in [1.165, 1.54) is 25.0 Å². The van der Waals surface area contributed by atoms with Crippen LogP contribution in [0.4, 0.5) is 0 Å². The first-order chi connectivity index (χ1) is 7.93. The van der Waals surface area contributed by atoms with Crippen LogP contribution in [0.2, 0.25) is 0 Å². The quantitative estimate of drug-likeness (QED) is 0.847. The topological polar surface area (TPSA) is 74.6 Å². The van der Waals surface area contributed by atoms with E-state index in [0.717, 1.165) is 5.56 Å². The highest BCUT2D eigenvalue weighted by Crippen LogP contribution is 2.11. The van der Waals surface area contributed by atoms with Crippen molar-refractivity contribution in [3.8, 4) is 0 Å². The van der Waals surface area contributed by atoms with Gasteiger partial charge in [0.1, 0.15) is 0 Å². The third-order valence-corrected chi connectivity index (χ3v) is 2.14. The van der Waals surface area contributed by atoms with Crippen LogP contribution in [0.1, 0.15) is 53.0 Å². The van der Waals surface area contributed by atoms with Crippen LogP contribution in [0.3, 0.4) is 0 Å². The Bertz CT molecular complexity index is 394. The average Bonchev–Trinajstić information content (AvgIpc) is 2.28. The first kappa shape index (κ1) is 15.2. The minimum Gasteiger partial charge on any atom is -0.478 e. The molecule has 4 heteroatoms. The normalized spacial score (nSPS) is 9.12.